The second-order valence-corrected chi connectivity index (χ2v) is 6.21. The summed E-state index contributed by atoms with van der Waals surface area (Å²) >= 11 is 1.39. The quantitative estimate of drug-likeness (QED) is 0.752. The molecule has 0 amide bonds. The van der Waals surface area contributed by atoms with Crippen molar-refractivity contribution in [1.82, 2.24) is 0 Å². The lowest BCUT2D eigenvalue weighted by Gasteiger charge is -2.32. The van der Waals surface area contributed by atoms with Crippen LogP contribution in [-0.2, 0) is 9.31 Å². The van der Waals surface area contributed by atoms with Gasteiger partial charge in [0.15, 0.2) is 0 Å². The first-order valence-electron chi connectivity index (χ1n) is 5.58. The Morgan fingerprint density at radius 3 is 2.24 bits per heavy atom. The molecule has 1 aliphatic heterocycles. The fraction of sp³-hybridized carbons (Fsp3) is 0.500. The van der Waals surface area contributed by atoms with Gasteiger partial charge >= 0.3 is 6.40 Å². The maximum atomic E-state index is 13.1. The van der Waals surface area contributed by atoms with E-state index in [0.29, 0.717) is 0 Å². The van der Waals surface area contributed by atoms with Crippen molar-refractivity contribution in [3.8, 4) is 0 Å². The maximum Gasteiger partial charge on any atom is 0.537 e. The number of hydrogen-bond acceptors (Lipinski definition) is 3. The Labute approximate surface area is 106 Å². The molecule has 0 unspecified atom stereocenters. The molecule has 1 aromatic rings. The molecular formula is C12H16BFO2S. The summed E-state index contributed by atoms with van der Waals surface area (Å²) in [6, 6.07) is 6.44. The first-order valence-corrected chi connectivity index (χ1v) is 6.46. The summed E-state index contributed by atoms with van der Waals surface area (Å²) in [5.41, 5.74) is -0.698. The Bertz CT molecular complexity index is 407. The van der Waals surface area contributed by atoms with Crippen LogP contribution in [0.25, 0.3) is 0 Å². The monoisotopic (exact) mass is 254 g/mol. The van der Waals surface area contributed by atoms with Gasteiger partial charge < -0.3 is 9.31 Å². The molecule has 0 aromatic heterocycles. The smallest absolute Gasteiger partial charge is 0.394 e. The highest BCUT2D eigenvalue weighted by molar-refractivity contribution is 8.24. The standard InChI is InChI=1S/C12H16BFO2S/c1-11(2)12(3,4)16-13(15-11)17-10-7-5-6-9(14)8-10/h5-8H,1-4H3. The molecule has 0 saturated carbocycles. The van der Waals surface area contributed by atoms with Gasteiger partial charge in [-0.05, 0) is 45.9 Å². The van der Waals surface area contributed by atoms with E-state index in [2.05, 4.69) is 0 Å². The summed E-state index contributed by atoms with van der Waals surface area (Å²) in [4.78, 5) is 0.809. The van der Waals surface area contributed by atoms with Gasteiger partial charge in [0.2, 0.25) is 0 Å². The summed E-state index contributed by atoms with van der Waals surface area (Å²) in [7, 11) is 0. The van der Waals surface area contributed by atoms with Crippen LogP contribution in [0.1, 0.15) is 27.7 Å². The van der Waals surface area contributed by atoms with Crippen molar-refractivity contribution in [2.24, 2.45) is 0 Å². The number of halogens is 1. The molecular weight excluding hydrogens is 238 g/mol. The lowest BCUT2D eigenvalue weighted by molar-refractivity contribution is 0.00578. The molecule has 2 rings (SSSR count). The summed E-state index contributed by atoms with van der Waals surface area (Å²) in [6.45, 7) is 8.00. The molecule has 1 aliphatic rings. The first-order chi connectivity index (χ1) is 7.80. The van der Waals surface area contributed by atoms with Crippen LogP contribution in [0.5, 0.6) is 0 Å². The minimum absolute atomic E-state index is 0.244. The van der Waals surface area contributed by atoms with Crippen LogP contribution in [-0.4, -0.2) is 17.6 Å². The molecule has 5 heteroatoms. The maximum absolute atomic E-state index is 13.1. The lowest BCUT2D eigenvalue weighted by atomic mass is 9.90. The zero-order chi connectivity index (χ0) is 12.7. The van der Waals surface area contributed by atoms with E-state index in [4.69, 9.17) is 9.31 Å². The number of hydrogen-bond donors (Lipinski definition) is 0. The Balaban J connectivity index is 2.08. The van der Waals surface area contributed by atoms with Crippen molar-refractivity contribution in [2.45, 2.75) is 43.8 Å². The summed E-state index contributed by atoms with van der Waals surface area (Å²) in [6.07, 6.45) is -0.387. The second-order valence-electron chi connectivity index (χ2n) is 5.12. The van der Waals surface area contributed by atoms with Gasteiger partial charge in [-0.1, -0.05) is 6.07 Å². The van der Waals surface area contributed by atoms with Crippen LogP contribution >= 0.6 is 11.6 Å². The van der Waals surface area contributed by atoms with Crippen LogP contribution < -0.4 is 0 Å². The van der Waals surface area contributed by atoms with Crippen molar-refractivity contribution in [1.29, 1.82) is 0 Å². The fourth-order valence-corrected chi connectivity index (χ4v) is 2.63. The minimum atomic E-state index is -0.387. The predicted octanol–water partition coefficient (Wildman–Crippen LogP) is 3.51. The van der Waals surface area contributed by atoms with Crippen LogP contribution in [0.3, 0.4) is 0 Å². The molecule has 0 aliphatic carbocycles. The van der Waals surface area contributed by atoms with Crippen molar-refractivity contribution in [2.75, 3.05) is 0 Å². The Morgan fingerprint density at radius 1 is 1.12 bits per heavy atom. The first kappa shape index (κ1) is 12.9. The van der Waals surface area contributed by atoms with Gasteiger partial charge in [0.1, 0.15) is 5.82 Å². The van der Waals surface area contributed by atoms with Crippen LogP contribution in [0.2, 0.25) is 0 Å². The molecule has 1 heterocycles. The Hall–Kier alpha value is -0.515. The molecule has 1 saturated heterocycles. The summed E-state index contributed by atoms with van der Waals surface area (Å²) in [5.74, 6) is -0.244. The molecule has 0 atom stereocenters. The van der Waals surface area contributed by atoms with Crippen molar-refractivity contribution in [3.63, 3.8) is 0 Å². The number of benzene rings is 1. The Morgan fingerprint density at radius 2 is 1.71 bits per heavy atom. The van der Waals surface area contributed by atoms with E-state index in [1.807, 2.05) is 33.8 Å². The van der Waals surface area contributed by atoms with E-state index in [9.17, 15) is 4.39 Å². The molecule has 1 fully saturated rings. The fourth-order valence-electron chi connectivity index (χ4n) is 1.49. The highest BCUT2D eigenvalue weighted by Gasteiger charge is 2.51. The number of rotatable bonds is 2. The van der Waals surface area contributed by atoms with Gasteiger partial charge in [0.25, 0.3) is 0 Å². The zero-order valence-corrected chi connectivity index (χ0v) is 11.3. The lowest BCUT2D eigenvalue weighted by Crippen LogP contribution is -2.41. The second kappa shape index (κ2) is 4.30. The topological polar surface area (TPSA) is 18.5 Å². The molecule has 2 nitrogen and oxygen atoms in total. The van der Waals surface area contributed by atoms with Crippen LogP contribution in [0.15, 0.2) is 29.2 Å². The van der Waals surface area contributed by atoms with Gasteiger partial charge in [0.05, 0.1) is 11.2 Å². The van der Waals surface area contributed by atoms with E-state index >= 15 is 0 Å². The molecule has 0 spiro atoms. The van der Waals surface area contributed by atoms with E-state index in [1.165, 1.54) is 23.7 Å². The largest absolute Gasteiger partial charge is 0.537 e. The van der Waals surface area contributed by atoms with Crippen LogP contribution in [0.4, 0.5) is 4.39 Å². The van der Waals surface area contributed by atoms with Gasteiger partial charge in [0, 0.05) is 4.90 Å². The van der Waals surface area contributed by atoms with Gasteiger partial charge in [-0.2, -0.15) is 0 Å². The summed E-state index contributed by atoms with van der Waals surface area (Å²) < 4.78 is 24.7. The van der Waals surface area contributed by atoms with Gasteiger partial charge in [-0.3, -0.25) is 0 Å². The van der Waals surface area contributed by atoms with Crippen molar-refractivity contribution in [3.05, 3.63) is 30.1 Å². The highest BCUT2D eigenvalue weighted by Crippen LogP contribution is 2.41. The van der Waals surface area contributed by atoms with Crippen LogP contribution in [0, 0.1) is 5.82 Å². The highest BCUT2D eigenvalue weighted by atomic mass is 32.2. The zero-order valence-electron chi connectivity index (χ0n) is 10.5. The normalized spacial score (nSPS) is 21.8. The van der Waals surface area contributed by atoms with E-state index in [-0.39, 0.29) is 23.4 Å². The average molecular weight is 254 g/mol. The predicted molar refractivity (Wildman–Crippen MR) is 68.3 cm³/mol. The third-order valence-electron chi connectivity index (χ3n) is 3.26. The van der Waals surface area contributed by atoms with E-state index in [0.717, 1.165) is 4.90 Å². The third-order valence-corrected chi connectivity index (χ3v) is 4.17. The molecule has 0 radical (unpaired) electrons. The minimum Gasteiger partial charge on any atom is -0.394 e. The summed E-state index contributed by atoms with van der Waals surface area (Å²) in [5, 5.41) is 0. The Kier molecular flexibility index (Phi) is 3.27. The molecule has 17 heavy (non-hydrogen) atoms. The molecule has 92 valence electrons. The van der Waals surface area contributed by atoms with E-state index < -0.39 is 0 Å². The average Bonchev–Trinajstić information content (AvgIpc) is 2.34. The third kappa shape index (κ3) is 2.67. The van der Waals surface area contributed by atoms with E-state index in [1.54, 1.807) is 6.07 Å². The van der Waals surface area contributed by atoms with Crippen molar-refractivity contribution < 1.29 is 13.7 Å². The van der Waals surface area contributed by atoms with Gasteiger partial charge in [-0.25, -0.2) is 4.39 Å². The molecule has 1 aromatic carbocycles. The van der Waals surface area contributed by atoms with Gasteiger partial charge in [-0.15, -0.1) is 11.6 Å². The SMILES string of the molecule is CC1(C)OB(Sc2cccc(F)c2)OC1(C)C. The molecule has 0 N–H and O–H groups in total. The molecule has 0 bridgehead atoms. The van der Waals surface area contributed by atoms with Crippen molar-refractivity contribution >= 4 is 18.0 Å².